The van der Waals surface area contributed by atoms with Crippen LogP contribution in [0.25, 0.3) is 0 Å². The number of hydrogen-bond donors (Lipinski definition) is 2. The molecule has 1 atom stereocenters. The number of carbonyl (C=O) groups is 2. The van der Waals surface area contributed by atoms with Crippen molar-refractivity contribution in [1.29, 1.82) is 0 Å². The number of ether oxygens (including phenoxy) is 1. The zero-order chi connectivity index (χ0) is 18.2. The molecule has 2 saturated heterocycles. The molecule has 0 aromatic carbocycles. The summed E-state index contributed by atoms with van der Waals surface area (Å²) in [6.45, 7) is 3.03. The minimum absolute atomic E-state index is 0.0376. The lowest BCUT2D eigenvalue weighted by atomic mass is 9.96. The van der Waals surface area contributed by atoms with Crippen molar-refractivity contribution in [2.45, 2.75) is 44.8 Å². The number of carbonyl (C=O) groups excluding carboxylic acids is 2. The Morgan fingerprint density at radius 3 is 2.69 bits per heavy atom. The monoisotopic (exact) mass is 360 g/mol. The van der Waals surface area contributed by atoms with Crippen LogP contribution in [-0.2, 0) is 16.1 Å². The number of piperidine rings is 1. The van der Waals surface area contributed by atoms with Gasteiger partial charge in [-0.05, 0) is 44.2 Å². The number of likely N-dealkylation sites (tertiary alicyclic amines) is 1. The molecule has 2 N–H and O–H groups in total. The Hall–Kier alpha value is -2.15. The molecular weight excluding hydrogens is 332 g/mol. The molecule has 0 spiro atoms. The molecular formula is C19H28N4O3. The topological polar surface area (TPSA) is 83.6 Å². The molecule has 7 nitrogen and oxygen atoms in total. The number of rotatable bonds is 5. The van der Waals surface area contributed by atoms with Gasteiger partial charge in [-0.1, -0.05) is 6.07 Å². The van der Waals surface area contributed by atoms with Crippen LogP contribution < -0.4 is 10.6 Å². The van der Waals surface area contributed by atoms with Gasteiger partial charge in [0.05, 0.1) is 18.3 Å². The highest BCUT2D eigenvalue weighted by Crippen LogP contribution is 2.18. The maximum atomic E-state index is 12.3. The molecule has 3 amide bonds. The number of amides is 3. The molecule has 3 rings (SSSR count). The first-order chi connectivity index (χ1) is 12.7. The van der Waals surface area contributed by atoms with Gasteiger partial charge in [0.25, 0.3) is 0 Å². The van der Waals surface area contributed by atoms with Gasteiger partial charge in [-0.3, -0.25) is 9.78 Å². The van der Waals surface area contributed by atoms with Crippen LogP contribution in [0, 0.1) is 5.92 Å². The zero-order valence-electron chi connectivity index (χ0n) is 15.2. The van der Waals surface area contributed by atoms with E-state index in [0.29, 0.717) is 39.0 Å². The minimum Gasteiger partial charge on any atom is -0.376 e. The van der Waals surface area contributed by atoms with Crippen LogP contribution in [0.4, 0.5) is 4.79 Å². The molecule has 0 aliphatic carbocycles. The third-order valence-corrected chi connectivity index (χ3v) is 5.08. The van der Waals surface area contributed by atoms with Gasteiger partial charge in [0.2, 0.25) is 5.91 Å². The van der Waals surface area contributed by atoms with Crippen molar-refractivity contribution in [2.75, 3.05) is 26.2 Å². The lowest BCUT2D eigenvalue weighted by Crippen LogP contribution is -2.48. The van der Waals surface area contributed by atoms with Crippen LogP contribution in [0.2, 0.25) is 0 Å². The van der Waals surface area contributed by atoms with Crippen molar-refractivity contribution in [2.24, 2.45) is 5.92 Å². The van der Waals surface area contributed by atoms with Gasteiger partial charge in [-0.2, -0.15) is 0 Å². The van der Waals surface area contributed by atoms with E-state index in [9.17, 15) is 9.59 Å². The predicted molar refractivity (Wildman–Crippen MR) is 97.4 cm³/mol. The summed E-state index contributed by atoms with van der Waals surface area (Å²) in [6.07, 6.45) is 6.54. The summed E-state index contributed by atoms with van der Waals surface area (Å²) in [7, 11) is 0. The van der Waals surface area contributed by atoms with Gasteiger partial charge < -0.3 is 20.3 Å². The summed E-state index contributed by atoms with van der Waals surface area (Å²) in [4.78, 5) is 30.6. The van der Waals surface area contributed by atoms with E-state index in [1.807, 2.05) is 18.2 Å². The molecule has 0 radical (unpaired) electrons. The quantitative estimate of drug-likeness (QED) is 0.837. The molecule has 0 bridgehead atoms. The Kier molecular flexibility index (Phi) is 6.82. The van der Waals surface area contributed by atoms with Gasteiger partial charge in [0.15, 0.2) is 0 Å². The van der Waals surface area contributed by atoms with Crippen LogP contribution >= 0.6 is 0 Å². The second-order valence-electron chi connectivity index (χ2n) is 6.97. The van der Waals surface area contributed by atoms with Gasteiger partial charge in [-0.15, -0.1) is 0 Å². The smallest absolute Gasteiger partial charge is 0.317 e. The maximum Gasteiger partial charge on any atom is 0.317 e. The number of nitrogens with one attached hydrogen (secondary N) is 2. The number of hydrogen-bond acceptors (Lipinski definition) is 4. The molecule has 142 valence electrons. The number of pyridine rings is 1. The van der Waals surface area contributed by atoms with E-state index in [2.05, 4.69) is 15.6 Å². The van der Waals surface area contributed by atoms with Gasteiger partial charge in [0.1, 0.15) is 0 Å². The van der Waals surface area contributed by atoms with Crippen molar-refractivity contribution in [3.05, 3.63) is 30.1 Å². The second-order valence-corrected chi connectivity index (χ2v) is 6.97. The van der Waals surface area contributed by atoms with Crippen LogP contribution in [0.3, 0.4) is 0 Å². The first kappa shape index (κ1) is 18.6. The Balaban J connectivity index is 1.35. The van der Waals surface area contributed by atoms with E-state index in [4.69, 9.17) is 4.74 Å². The largest absolute Gasteiger partial charge is 0.376 e. The Morgan fingerprint density at radius 2 is 2.00 bits per heavy atom. The average Bonchev–Trinajstić information content (AvgIpc) is 2.72. The molecule has 2 aliphatic heterocycles. The summed E-state index contributed by atoms with van der Waals surface area (Å²) in [6, 6.07) is 5.60. The first-order valence-corrected chi connectivity index (χ1v) is 9.54. The summed E-state index contributed by atoms with van der Waals surface area (Å²) >= 11 is 0. The van der Waals surface area contributed by atoms with Crippen LogP contribution in [0.5, 0.6) is 0 Å². The Bertz CT molecular complexity index is 582. The number of urea groups is 1. The fourth-order valence-electron chi connectivity index (χ4n) is 3.45. The van der Waals surface area contributed by atoms with Crippen LogP contribution in [0.1, 0.15) is 37.8 Å². The predicted octanol–water partition coefficient (Wildman–Crippen LogP) is 1.69. The standard InChI is InChI=1S/C19H28N4O3/c24-18(21-13-16-5-1-3-9-20-16)15-7-10-23(11-8-15)19(25)22-14-17-6-2-4-12-26-17/h1,3,5,9,15,17H,2,4,6-8,10-14H2,(H,21,24)(H,22,25)/t17-/m0/s1. The van der Waals surface area contributed by atoms with Crippen LogP contribution in [-0.4, -0.2) is 54.2 Å². The van der Waals surface area contributed by atoms with E-state index >= 15 is 0 Å². The minimum atomic E-state index is -0.0495. The highest BCUT2D eigenvalue weighted by molar-refractivity contribution is 5.79. The Labute approximate surface area is 154 Å². The maximum absolute atomic E-state index is 12.3. The van der Waals surface area contributed by atoms with E-state index in [0.717, 1.165) is 25.1 Å². The third-order valence-electron chi connectivity index (χ3n) is 5.08. The Morgan fingerprint density at radius 1 is 1.15 bits per heavy atom. The summed E-state index contributed by atoms with van der Waals surface area (Å²) in [5, 5.41) is 5.91. The normalized spacial score (nSPS) is 21.2. The van der Waals surface area contributed by atoms with Crippen molar-refractivity contribution < 1.29 is 14.3 Å². The van der Waals surface area contributed by atoms with Gasteiger partial charge in [0, 0.05) is 38.4 Å². The average molecular weight is 360 g/mol. The van der Waals surface area contributed by atoms with Crippen molar-refractivity contribution >= 4 is 11.9 Å². The third kappa shape index (κ3) is 5.42. The lowest BCUT2D eigenvalue weighted by Gasteiger charge is -2.32. The van der Waals surface area contributed by atoms with Crippen molar-refractivity contribution in [1.82, 2.24) is 20.5 Å². The van der Waals surface area contributed by atoms with Crippen molar-refractivity contribution in [3.63, 3.8) is 0 Å². The molecule has 0 saturated carbocycles. The first-order valence-electron chi connectivity index (χ1n) is 9.54. The highest BCUT2D eigenvalue weighted by Gasteiger charge is 2.27. The molecule has 3 heterocycles. The summed E-state index contributed by atoms with van der Waals surface area (Å²) in [5.74, 6) is 0.00996. The molecule has 2 aliphatic rings. The van der Waals surface area contributed by atoms with E-state index in [1.54, 1.807) is 11.1 Å². The van der Waals surface area contributed by atoms with Crippen LogP contribution in [0.15, 0.2) is 24.4 Å². The van der Waals surface area contributed by atoms with E-state index in [1.165, 1.54) is 6.42 Å². The van der Waals surface area contributed by atoms with E-state index < -0.39 is 0 Å². The number of nitrogens with zero attached hydrogens (tertiary/aromatic N) is 2. The fourth-order valence-corrected chi connectivity index (χ4v) is 3.45. The lowest BCUT2D eigenvalue weighted by molar-refractivity contribution is -0.126. The summed E-state index contributed by atoms with van der Waals surface area (Å²) in [5.41, 5.74) is 0.850. The molecule has 26 heavy (non-hydrogen) atoms. The zero-order valence-corrected chi connectivity index (χ0v) is 15.2. The van der Waals surface area contributed by atoms with E-state index in [-0.39, 0.29) is 24.0 Å². The fraction of sp³-hybridized carbons (Fsp3) is 0.632. The van der Waals surface area contributed by atoms with Gasteiger partial charge in [-0.25, -0.2) is 4.79 Å². The molecule has 7 heteroatoms. The van der Waals surface area contributed by atoms with Crippen molar-refractivity contribution in [3.8, 4) is 0 Å². The molecule has 2 fully saturated rings. The van der Waals surface area contributed by atoms with Gasteiger partial charge >= 0.3 is 6.03 Å². The molecule has 1 aromatic rings. The SMILES string of the molecule is O=C(NCc1ccccn1)C1CCN(C(=O)NC[C@@H]2CCCCO2)CC1. The second kappa shape index (κ2) is 9.52. The summed E-state index contributed by atoms with van der Waals surface area (Å²) < 4.78 is 5.64. The highest BCUT2D eigenvalue weighted by atomic mass is 16.5. The molecule has 0 unspecified atom stereocenters. The molecule has 1 aromatic heterocycles. The number of aromatic nitrogens is 1.